The molecule has 12 heavy (non-hydrogen) atoms. The number of rotatable bonds is 1. The van der Waals surface area contributed by atoms with Crippen LogP contribution in [-0.4, -0.2) is 20.1 Å². The highest BCUT2D eigenvalue weighted by atomic mass is 32.1. The molecule has 1 aromatic rings. The van der Waals surface area contributed by atoms with Crippen molar-refractivity contribution < 1.29 is 8.78 Å². The number of nitrogens with two attached hydrogens (primary N) is 2. The monoisotopic (exact) mass is 195 g/mol. The first-order chi connectivity index (χ1) is 5.54. The van der Waals surface area contributed by atoms with E-state index < -0.39 is 6.55 Å². The molecule has 0 spiro atoms. The standard InChI is InChI=1S/C3H3F2N3.CH4N2S/c4-3(5)8-2-1-6-7-8;2-1(3)4/h1-3H;(H4,2,3,4). The second-order valence-corrected chi connectivity index (χ2v) is 2.03. The van der Waals surface area contributed by atoms with Crippen molar-refractivity contribution in [3.8, 4) is 0 Å². The van der Waals surface area contributed by atoms with Gasteiger partial charge in [-0.1, -0.05) is 5.21 Å². The van der Waals surface area contributed by atoms with E-state index >= 15 is 0 Å². The molecular weight excluding hydrogens is 188 g/mol. The fraction of sp³-hybridized carbons (Fsp3) is 0.250. The zero-order chi connectivity index (χ0) is 9.56. The molecule has 0 aliphatic carbocycles. The molecule has 0 radical (unpaired) electrons. The molecule has 1 rings (SSSR count). The van der Waals surface area contributed by atoms with Gasteiger partial charge in [-0.3, -0.25) is 0 Å². The van der Waals surface area contributed by atoms with E-state index in [0.717, 1.165) is 6.20 Å². The molecule has 0 amide bonds. The Kier molecular flexibility index (Phi) is 4.77. The van der Waals surface area contributed by atoms with Gasteiger partial charge in [0.15, 0.2) is 5.11 Å². The average molecular weight is 195 g/mol. The van der Waals surface area contributed by atoms with Gasteiger partial charge < -0.3 is 11.5 Å². The number of nitrogens with zero attached hydrogens (tertiary/aromatic N) is 3. The summed E-state index contributed by atoms with van der Waals surface area (Å²) in [6.07, 6.45) is 2.30. The number of thiocarbonyl (C=S) groups is 1. The fourth-order valence-corrected chi connectivity index (χ4v) is 0.321. The Balaban J connectivity index is 0.000000261. The van der Waals surface area contributed by atoms with Crippen molar-refractivity contribution in [2.24, 2.45) is 11.5 Å². The molecule has 0 bridgehead atoms. The van der Waals surface area contributed by atoms with Crippen molar-refractivity contribution in [2.45, 2.75) is 6.55 Å². The number of alkyl halides is 2. The number of halogens is 2. The molecule has 0 atom stereocenters. The highest BCUT2D eigenvalue weighted by Gasteiger charge is 2.02. The lowest BCUT2D eigenvalue weighted by molar-refractivity contribution is 0.0546. The normalized spacial score (nSPS) is 8.92. The fourth-order valence-electron chi connectivity index (χ4n) is 0.321. The van der Waals surface area contributed by atoms with Crippen molar-refractivity contribution in [1.29, 1.82) is 0 Å². The second-order valence-electron chi connectivity index (χ2n) is 1.56. The van der Waals surface area contributed by atoms with Gasteiger partial charge in [0.05, 0.1) is 12.4 Å². The number of aromatic nitrogens is 3. The quantitative estimate of drug-likeness (QED) is 0.609. The predicted molar refractivity (Wildman–Crippen MR) is 42.2 cm³/mol. The van der Waals surface area contributed by atoms with Crippen LogP contribution < -0.4 is 11.5 Å². The van der Waals surface area contributed by atoms with E-state index in [-0.39, 0.29) is 5.11 Å². The van der Waals surface area contributed by atoms with Gasteiger partial charge in [0.2, 0.25) is 0 Å². The third-order valence-corrected chi connectivity index (χ3v) is 0.641. The van der Waals surface area contributed by atoms with Crippen LogP contribution in [0.25, 0.3) is 0 Å². The Bertz CT molecular complexity index is 219. The van der Waals surface area contributed by atoms with Crippen LogP contribution in [0, 0.1) is 0 Å². The summed E-state index contributed by atoms with van der Waals surface area (Å²) in [7, 11) is 0. The summed E-state index contributed by atoms with van der Waals surface area (Å²) in [6.45, 7) is -2.57. The lowest BCUT2D eigenvalue weighted by Crippen LogP contribution is -2.18. The molecule has 1 heterocycles. The Hall–Kier alpha value is -1.31. The van der Waals surface area contributed by atoms with Crippen LogP contribution in [0.4, 0.5) is 8.78 Å². The first-order valence-electron chi connectivity index (χ1n) is 2.73. The summed E-state index contributed by atoms with van der Waals surface area (Å²) < 4.78 is 23.4. The summed E-state index contributed by atoms with van der Waals surface area (Å²) in [6, 6.07) is 0. The van der Waals surface area contributed by atoms with Crippen LogP contribution in [0.2, 0.25) is 0 Å². The Morgan fingerprint density at radius 3 is 2.17 bits per heavy atom. The van der Waals surface area contributed by atoms with Crippen LogP contribution in [-0.2, 0) is 0 Å². The average Bonchev–Trinajstić information content (AvgIpc) is 2.34. The summed E-state index contributed by atoms with van der Waals surface area (Å²) >= 11 is 4.09. The van der Waals surface area contributed by atoms with Crippen LogP contribution in [0.3, 0.4) is 0 Å². The van der Waals surface area contributed by atoms with Crippen molar-refractivity contribution in [1.82, 2.24) is 15.0 Å². The minimum Gasteiger partial charge on any atom is -0.377 e. The smallest absolute Gasteiger partial charge is 0.334 e. The zero-order valence-corrected chi connectivity index (χ0v) is 6.71. The topological polar surface area (TPSA) is 82.8 Å². The molecule has 4 N–H and O–H groups in total. The molecule has 8 heteroatoms. The molecule has 0 aromatic carbocycles. The van der Waals surface area contributed by atoms with E-state index in [9.17, 15) is 8.78 Å². The lowest BCUT2D eigenvalue weighted by Gasteiger charge is -1.91. The molecule has 0 fully saturated rings. The summed E-state index contributed by atoms with van der Waals surface area (Å²) in [4.78, 5) is 0. The maximum Gasteiger partial charge on any atom is 0.334 e. The molecule has 0 saturated heterocycles. The highest BCUT2D eigenvalue weighted by molar-refractivity contribution is 7.80. The molecule has 0 saturated carbocycles. The van der Waals surface area contributed by atoms with Crippen molar-refractivity contribution in [3.63, 3.8) is 0 Å². The van der Waals surface area contributed by atoms with E-state index in [1.165, 1.54) is 6.20 Å². The van der Waals surface area contributed by atoms with Crippen molar-refractivity contribution >= 4 is 17.3 Å². The summed E-state index contributed by atoms with van der Waals surface area (Å²) in [5.74, 6) is 0. The van der Waals surface area contributed by atoms with Crippen LogP contribution in [0.1, 0.15) is 6.55 Å². The zero-order valence-electron chi connectivity index (χ0n) is 5.89. The first-order valence-corrected chi connectivity index (χ1v) is 3.13. The van der Waals surface area contributed by atoms with Crippen LogP contribution in [0.5, 0.6) is 0 Å². The van der Waals surface area contributed by atoms with Gasteiger partial charge in [0.1, 0.15) is 0 Å². The third kappa shape index (κ3) is 5.47. The van der Waals surface area contributed by atoms with Crippen LogP contribution >= 0.6 is 12.2 Å². The second kappa shape index (κ2) is 5.35. The summed E-state index contributed by atoms with van der Waals surface area (Å²) in [5.41, 5.74) is 9.24. The first kappa shape index (κ1) is 10.7. The Morgan fingerprint density at radius 1 is 1.50 bits per heavy atom. The highest BCUT2D eigenvalue weighted by Crippen LogP contribution is 2.03. The molecule has 1 aromatic heterocycles. The minimum absolute atomic E-state index is 0.000000000000000222. The largest absolute Gasteiger partial charge is 0.377 e. The van der Waals surface area contributed by atoms with Crippen molar-refractivity contribution in [3.05, 3.63) is 12.4 Å². The maximum absolute atomic E-state index is 11.5. The molecule has 0 unspecified atom stereocenters. The van der Waals surface area contributed by atoms with Gasteiger partial charge in [-0.25, -0.2) is 0 Å². The van der Waals surface area contributed by atoms with Gasteiger partial charge in [-0.15, -0.1) is 5.10 Å². The van der Waals surface area contributed by atoms with E-state index in [1.807, 2.05) is 0 Å². The number of hydrogen-bond acceptors (Lipinski definition) is 3. The minimum atomic E-state index is -2.57. The Morgan fingerprint density at radius 2 is 2.00 bits per heavy atom. The SMILES string of the molecule is FC(F)n1ccnn1.NC(N)=S. The van der Waals surface area contributed by atoms with E-state index in [4.69, 9.17) is 0 Å². The predicted octanol–water partition coefficient (Wildman–Crippen LogP) is -0.138. The molecule has 0 aliphatic rings. The molecular formula is C4H7F2N5S. The van der Waals surface area contributed by atoms with Gasteiger partial charge in [-0.05, 0) is 12.2 Å². The van der Waals surface area contributed by atoms with Gasteiger partial charge in [0.25, 0.3) is 0 Å². The van der Waals surface area contributed by atoms with E-state index in [1.54, 1.807) is 0 Å². The van der Waals surface area contributed by atoms with E-state index in [2.05, 4.69) is 34.0 Å². The molecule has 0 aliphatic heterocycles. The van der Waals surface area contributed by atoms with Gasteiger partial charge in [0, 0.05) is 0 Å². The molecule has 68 valence electrons. The summed E-state index contributed by atoms with van der Waals surface area (Å²) in [5, 5.41) is 6.21. The van der Waals surface area contributed by atoms with E-state index in [0.29, 0.717) is 4.68 Å². The van der Waals surface area contributed by atoms with Gasteiger partial charge in [-0.2, -0.15) is 13.5 Å². The van der Waals surface area contributed by atoms with Crippen molar-refractivity contribution in [2.75, 3.05) is 0 Å². The van der Waals surface area contributed by atoms with Gasteiger partial charge >= 0.3 is 6.55 Å². The van der Waals surface area contributed by atoms with Crippen LogP contribution in [0.15, 0.2) is 12.4 Å². The third-order valence-electron chi connectivity index (χ3n) is 0.641. The lowest BCUT2D eigenvalue weighted by atomic mass is 10.9. The maximum atomic E-state index is 11.5. The molecule has 5 nitrogen and oxygen atoms in total. The number of hydrogen-bond donors (Lipinski definition) is 2. The Labute approximate surface area is 72.3 Å².